The predicted molar refractivity (Wildman–Crippen MR) is 333 cm³/mol. The molecule has 462 valence electrons. The van der Waals surface area contributed by atoms with Crippen LogP contribution in [0.2, 0.25) is 0 Å². The van der Waals surface area contributed by atoms with Crippen LogP contribution in [0.25, 0.3) is 11.3 Å². The number of halogens is 1. The van der Waals surface area contributed by atoms with Crippen molar-refractivity contribution in [2.24, 2.45) is 11.8 Å². The maximum Gasteiger partial charge on any atom is 0.264 e. The van der Waals surface area contributed by atoms with Gasteiger partial charge in [0.25, 0.3) is 11.8 Å². The summed E-state index contributed by atoms with van der Waals surface area (Å²) in [6.07, 6.45) is 11.7. The summed E-state index contributed by atoms with van der Waals surface area (Å²) >= 11 is 0. The molecule has 3 unspecified atom stereocenters. The van der Waals surface area contributed by atoms with E-state index in [1.165, 1.54) is 38.4 Å². The second-order valence-corrected chi connectivity index (χ2v) is 25.0. The zero-order valence-electron chi connectivity index (χ0n) is 51.2. The lowest BCUT2D eigenvalue weighted by Crippen LogP contribution is -2.57. The number of anilines is 5. The Kier molecular flexibility index (Phi) is 18.9. The summed E-state index contributed by atoms with van der Waals surface area (Å²) in [5, 5.41) is 11.8. The Morgan fingerprint density at radius 2 is 1.59 bits per heavy atom. The van der Waals surface area contributed by atoms with Crippen molar-refractivity contribution in [2.75, 3.05) is 79.8 Å². The van der Waals surface area contributed by atoms with E-state index < -0.39 is 29.2 Å². The monoisotopic (exact) mass is 1190 g/mol. The number of rotatable bonds is 24. The van der Waals surface area contributed by atoms with Crippen LogP contribution in [-0.2, 0) is 34.2 Å². The fourth-order valence-corrected chi connectivity index (χ4v) is 14.3. The number of aryl methyl sites for hydroxylation is 3. The molecule has 4 aromatic rings. The molecule has 5 aliphatic heterocycles. The number of nitrogens with zero attached hydrogens (tertiary/aromatic N) is 7. The number of nitrogens with one attached hydrogen (secondary N) is 4. The first kappa shape index (κ1) is 62.1. The number of pyridine rings is 1. The average molecular weight is 1190 g/mol. The van der Waals surface area contributed by atoms with Crippen LogP contribution in [0.4, 0.5) is 33.0 Å². The Morgan fingerprint density at radius 3 is 2.29 bits per heavy atom. The Bertz CT molecular complexity index is 3330. The number of carbonyl (C=O) groups is 8. The summed E-state index contributed by atoms with van der Waals surface area (Å²) in [5.41, 5.74) is 6.53. The summed E-state index contributed by atoms with van der Waals surface area (Å²) in [7, 11) is 1.39. The van der Waals surface area contributed by atoms with E-state index >= 15 is 9.18 Å². The minimum atomic E-state index is -1.17. The van der Waals surface area contributed by atoms with Crippen LogP contribution in [0.5, 0.6) is 0 Å². The topological polar surface area (TPSA) is 217 Å². The van der Waals surface area contributed by atoms with Crippen molar-refractivity contribution in [1.29, 1.82) is 0 Å². The van der Waals surface area contributed by atoms with Gasteiger partial charge in [0.1, 0.15) is 18.1 Å². The minimum Gasteiger partial charge on any atom is -0.375 e. The maximum atomic E-state index is 15.8. The van der Waals surface area contributed by atoms with Gasteiger partial charge in [-0.2, -0.15) is 0 Å². The molecule has 10 rings (SSSR count). The first-order valence-corrected chi connectivity index (χ1v) is 31.2. The lowest BCUT2D eigenvalue weighted by Gasteiger charge is -2.48. The van der Waals surface area contributed by atoms with Gasteiger partial charge in [-0.15, -0.1) is 0 Å². The lowest BCUT2D eigenvalue weighted by atomic mass is 9.73. The molecule has 4 fully saturated rings. The summed E-state index contributed by atoms with van der Waals surface area (Å²) in [4.78, 5) is 123. The normalized spacial score (nSPS) is 21.6. The van der Waals surface area contributed by atoms with Crippen LogP contribution < -0.4 is 31.1 Å². The number of amides is 7. The zero-order valence-corrected chi connectivity index (χ0v) is 51.2. The van der Waals surface area contributed by atoms with Gasteiger partial charge < -0.3 is 50.6 Å². The second-order valence-electron chi connectivity index (χ2n) is 25.0. The highest BCUT2D eigenvalue weighted by Gasteiger charge is 2.55. The first-order chi connectivity index (χ1) is 41.9. The Balaban J connectivity index is 0.837. The minimum absolute atomic E-state index is 0.0171. The molecule has 87 heavy (non-hydrogen) atoms. The summed E-state index contributed by atoms with van der Waals surface area (Å²) in [5.74, 6) is -2.07. The van der Waals surface area contributed by atoms with Crippen molar-refractivity contribution < 1.29 is 42.7 Å². The van der Waals surface area contributed by atoms with E-state index in [4.69, 9.17) is 4.98 Å². The number of fused-ring (bicyclic) bond motifs is 2. The third-order valence-electron chi connectivity index (χ3n) is 19.4. The van der Waals surface area contributed by atoms with Gasteiger partial charge in [-0.3, -0.25) is 38.5 Å². The molecule has 0 radical (unpaired) electrons. The summed E-state index contributed by atoms with van der Waals surface area (Å²) in [6, 6.07) is 15.5. The maximum absolute atomic E-state index is 15.8. The van der Waals surface area contributed by atoms with Gasteiger partial charge in [0.15, 0.2) is 5.82 Å². The Morgan fingerprint density at radius 1 is 0.851 bits per heavy atom. The molecule has 3 atom stereocenters. The first-order valence-electron chi connectivity index (χ1n) is 31.2. The molecule has 1 saturated carbocycles. The number of likely N-dealkylation sites (N-methyl/N-ethyl adjacent to an activating group) is 1. The summed E-state index contributed by atoms with van der Waals surface area (Å²) in [6.45, 7) is 18.3. The Labute approximate surface area is 509 Å². The third kappa shape index (κ3) is 12.3. The molecule has 3 saturated heterocycles. The number of benzene rings is 3. The highest BCUT2D eigenvalue weighted by Crippen LogP contribution is 2.52. The molecule has 4 N–H and O–H groups in total. The quantitative estimate of drug-likeness (QED) is 0.0295. The molecule has 6 heterocycles. The number of imide groups is 1. The number of piperidine rings is 2. The van der Waals surface area contributed by atoms with Gasteiger partial charge in [-0.25, -0.2) is 9.37 Å². The van der Waals surface area contributed by atoms with Gasteiger partial charge in [-0.05, 0) is 189 Å². The van der Waals surface area contributed by atoms with Crippen molar-refractivity contribution in [1.82, 2.24) is 35.2 Å². The van der Waals surface area contributed by atoms with E-state index in [2.05, 4.69) is 63.6 Å². The molecule has 0 bridgehead atoms. The molecule has 1 aliphatic carbocycles. The smallest absolute Gasteiger partial charge is 0.264 e. The highest BCUT2D eigenvalue weighted by atomic mass is 19.1. The molecular weight excluding hydrogens is 1110 g/mol. The van der Waals surface area contributed by atoms with Crippen LogP contribution in [0.3, 0.4) is 0 Å². The van der Waals surface area contributed by atoms with Crippen LogP contribution in [0.1, 0.15) is 140 Å². The van der Waals surface area contributed by atoms with Gasteiger partial charge in [-0.1, -0.05) is 31.2 Å². The van der Waals surface area contributed by atoms with Gasteiger partial charge in [0, 0.05) is 87.2 Å². The van der Waals surface area contributed by atoms with Crippen LogP contribution in [0.15, 0.2) is 67.4 Å². The average Bonchev–Trinajstić information content (AvgIpc) is 1.59. The van der Waals surface area contributed by atoms with E-state index in [1.54, 1.807) is 29.3 Å². The van der Waals surface area contributed by atoms with Gasteiger partial charge in [0.2, 0.25) is 30.0 Å². The van der Waals surface area contributed by atoms with E-state index in [1.807, 2.05) is 42.7 Å². The lowest BCUT2D eigenvalue weighted by molar-refractivity contribution is -0.139. The van der Waals surface area contributed by atoms with Crippen molar-refractivity contribution in [3.05, 3.63) is 107 Å². The van der Waals surface area contributed by atoms with E-state index in [9.17, 15) is 33.6 Å². The molecule has 6 aliphatic rings. The largest absolute Gasteiger partial charge is 0.375 e. The fraction of sp³-hybridized carbons (Fsp3) is 0.507. The number of aromatic nitrogens is 1. The molecule has 7 amide bonds. The fourth-order valence-electron chi connectivity index (χ4n) is 14.3. The molecule has 3 aromatic carbocycles. The van der Waals surface area contributed by atoms with Crippen molar-refractivity contribution >= 4 is 76.7 Å². The predicted octanol–water partition coefficient (Wildman–Crippen LogP) is 8.32. The van der Waals surface area contributed by atoms with Crippen LogP contribution in [0, 0.1) is 38.4 Å². The van der Waals surface area contributed by atoms with E-state index in [0.717, 1.165) is 76.4 Å². The number of likely N-dealkylation sites (tertiary alicyclic amines) is 3. The molecule has 19 nitrogen and oxygen atoms in total. The molecular formula is C67H84FN11O8. The molecule has 0 spiro atoms. The van der Waals surface area contributed by atoms with Gasteiger partial charge >= 0.3 is 0 Å². The Hall–Kier alpha value is -8.00. The standard InChI is InChI=1S/C67H84FN11O8/c1-8-77(41(2)3)60-44(6)34-54(72-61(60)73-55-33-43(5)42(4)32-52(55)68)47-17-18-51-57(35-47)78(49-36-48(37-49)74-26-10-9-11-27-74)66(87)67(51,24-25-70-40-81)23-19-45-20-28-76(39-45)63(84)46-21-29-75(30-22-46)58(82)38-71-53-15-12-14-50-59(53)65(86)79(64(50)85)56(16-13-31-80)62(83)69-7/h8,12,14-15,17-18,31-35,40-41,45-46,48-49,56,71H,1,9-11,13,16,19-30,36-39H2,2-7H3,(H,69,83)(H,70,81)(H,72,73). The number of hydrogen-bond donors (Lipinski definition) is 4. The molecule has 1 aromatic heterocycles. The number of carbonyl (C=O) groups excluding carboxylic acids is 8. The van der Waals surface area contributed by atoms with Crippen molar-refractivity contribution in [3.8, 4) is 11.3 Å². The third-order valence-corrected chi connectivity index (χ3v) is 19.4. The zero-order chi connectivity index (χ0) is 61.8. The van der Waals surface area contributed by atoms with Crippen LogP contribution >= 0.6 is 0 Å². The SMILES string of the molecule is C=CN(c1c(C)cc(-c2ccc3c(c2)N(C2CC(N4CCCCC4)C2)C(=O)C3(CCNC=O)CCC2CCN(C(=O)C3CCN(C(=O)CNc4cccc5c4C(=O)N(C(CCC=O)C(=O)NC)C5=O)CC3)C2)nc1Nc1cc(C)c(C)cc1F)C(C)C. The highest BCUT2D eigenvalue weighted by molar-refractivity contribution is 6.25. The van der Waals surface area contributed by atoms with Crippen molar-refractivity contribution in [3.63, 3.8) is 0 Å². The van der Waals surface area contributed by atoms with E-state index in [0.29, 0.717) is 101 Å². The summed E-state index contributed by atoms with van der Waals surface area (Å²) < 4.78 is 15.7. The second kappa shape index (κ2) is 26.5. The molecule has 20 heteroatoms. The van der Waals surface area contributed by atoms with Crippen molar-refractivity contribution in [2.45, 2.75) is 148 Å². The van der Waals surface area contributed by atoms with E-state index in [-0.39, 0.29) is 83.7 Å². The van der Waals surface area contributed by atoms with Crippen LogP contribution in [-0.4, -0.2) is 156 Å². The van der Waals surface area contributed by atoms with Gasteiger partial charge in [0.05, 0.1) is 40.2 Å². The number of aldehydes is 1. The number of hydrogen-bond acceptors (Lipinski definition) is 13.